The van der Waals surface area contributed by atoms with Crippen LogP contribution in [0, 0.1) is 10.8 Å². The van der Waals surface area contributed by atoms with Crippen molar-refractivity contribution >= 4 is 79.9 Å². The topological polar surface area (TPSA) is 93.2 Å². The van der Waals surface area contributed by atoms with Gasteiger partial charge in [0.25, 0.3) is 0 Å². The summed E-state index contributed by atoms with van der Waals surface area (Å²) in [6.07, 6.45) is 2.13. The highest BCUT2D eigenvalue weighted by Gasteiger charge is 2.69. The van der Waals surface area contributed by atoms with Crippen molar-refractivity contribution in [2.45, 2.75) is 51.4 Å². The highest BCUT2D eigenvalue weighted by molar-refractivity contribution is 6.20. The van der Waals surface area contributed by atoms with E-state index in [1.807, 2.05) is 58.3 Å². The maximum atomic E-state index is 14.6. The first kappa shape index (κ1) is 31.1. The Balaban J connectivity index is 1.12. The van der Waals surface area contributed by atoms with Gasteiger partial charge < -0.3 is 19.3 Å². The molecule has 10 heteroatoms. The number of benzene rings is 4. The van der Waals surface area contributed by atoms with Crippen molar-refractivity contribution in [1.29, 1.82) is 0 Å². The Morgan fingerprint density at radius 1 is 0.667 bits per heavy atom. The molecule has 0 spiro atoms. The number of rotatable bonds is 6. The fraction of sp³-hybridized carbons (Fsp3) is 0.368. The molecule has 3 fully saturated rings. The van der Waals surface area contributed by atoms with E-state index in [-0.39, 0.29) is 23.7 Å². The number of amides is 2. The molecule has 2 heterocycles. The third-order valence-corrected chi connectivity index (χ3v) is 11.7. The van der Waals surface area contributed by atoms with E-state index >= 15 is 0 Å². The van der Waals surface area contributed by atoms with Gasteiger partial charge in [0.2, 0.25) is 11.8 Å². The number of nitrogens with zero attached hydrogens (tertiary/aromatic N) is 2. The Morgan fingerprint density at radius 3 is 1.40 bits per heavy atom. The van der Waals surface area contributed by atoms with Crippen LogP contribution in [0.25, 0.3) is 21.5 Å². The maximum absolute atomic E-state index is 14.6. The van der Waals surface area contributed by atoms with Crippen LogP contribution in [0.5, 0.6) is 11.5 Å². The van der Waals surface area contributed by atoms with Gasteiger partial charge in [-0.1, -0.05) is 48.5 Å². The van der Waals surface area contributed by atoms with Gasteiger partial charge >= 0.3 is 11.9 Å². The van der Waals surface area contributed by atoms with Crippen molar-refractivity contribution in [3.63, 3.8) is 0 Å². The van der Waals surface area contributed by atoms with Gasteiger partial charge in [-0.25, -0.2) is 0 Å². The van der Waals surface area contributed by atoms with Crippen LogP contribution in [0.2, 0.25) is 0 Å². The third-order valence-electron chi connectivity index (χ3n) is 11.0. The lowest BCUT2D eigenvalue weighted by Gasteiger charge is -2.47. The summed E-state index contributed by atoms with van der Waals surface area (Å²) < 4.78 is 11.2. The van der Waals surface area contributed by atoms with Crippen molar-refractivity contribution < 1.29 is 28.7 Å². The summed E-state index contributed by atoms with van der Waals surface area (Å²) in [6.45, 7) is 3.58. The lowest BCUT2D eigenvalue weighted by Crippen LogP contribution is -2.55. The highest BCUT2D eigenvalue weighted by atomic mass is 35.5. The Morgan fingerprint density at radius 2 is 1.04 bits per heavy atom. The van der Waals surface area contributed by atoms with Gasteiger partial charge in [-0.2, -0.15) is 0 Å². The van der Waals surface area contributed by atoms with Crippen LogP contribution < -0.4 is 19.3 Å². The minimum absolute atomic E-state index is 0.00931. The van der Waals surface area contributed by atoms with Gasteiger partial charge in [0.15, 0.2) is 0 Å². The summed E-state index contributed by atoms with van der Waals surface area (Å²) in [5, 5.41) is 3.43. The first-order valence-electron chi connectivity index (χ1n) is 16.3. The van der Waals surface area contributed by atoms with Crippen LogP contribution in [0.4, 0.5) is 11.4 Å². The number of anilines is 2. The van der Waals surface area contributed by atoms with Crippen molar-refractivity contribution in [1.82, 2.24) is 0 Å². The van der Waals surface area contributed by atoms with Gasteiger partial charge in [-0.15, -0.1) is 23.2 Å². The second kappa shape index (κ2) is 11.2. The number of esters is 2. The first-order chi connectivity index (χ1) is 23.1. The second-order valence-corrected chi connectivity index (χ2v) is 14.5. The van der Waals surface area contributed by atoms with E-state index in [1.165, 1.54) is 13.8 Å². The lowest BCUT2D eigenvalue weighted by atomic mass is 9.59. The van der Waals surface area contributed by atoms with Crippen LogP contribution in [-0.4, -0.2) is 48.6 Å². The van der Waals surface area contributed by atoms with Crippen LogP contribution in [-0.2, 0) is 19.2 Å². The molecule has 4 aromatic rings. The molecular formula is C38H34Cl2N2O6. The highest BCUT2D eigenvalue weighted by Crippen LogP contribution is 2.69. The Kier molecular flexibility index (Phi) is 7.27. The summed E-state index contributed by atoms with van der Waals surface area (Å²) in [5.74, 6) is 0.441. The molecule has 3 saturated carbocycles. The molecule has 8 nitrogen and oxygen atoms in total. The summed E-state index contributed by atoms with van der Waals surface area (Å²) in [6, 6.07) is 19.0. The van der Waals surface area contributed by atoms with E-state index in [0.29, 0.717) is 73.4 Å². The number of alkyl halides is 2. The molecule has 2 atom stereocenters. The average Bonchev–Trinajstić information content (AvgIpc) is 3.83. The molecule has 246 valence electrons. The first-order valence-corrected chi connectivity index (χ1v) is 17.4. The molecule has 0 aromatic heterocycles. The fourth-order valence-electron chi connectivity index (χ4n) is 9.11. The summed E-state index contributed by atoms with van der Waals surface area (Å²) in [7, 11) is 0. The van der Waals surface area contributed by atoms with Crippen LogP contribution >= 0.6 is 23.2 Å². The molecule has 4 aromatic carbocycles. The quantitative estimate of drug-likeness (QED) is 0.119. The molecule has 3 aliphatic carbocycles. The Hall–Kier alpha value is -4.14. The molecule has 2 amide bonds. The van der Waals surface area contributed by atoms with Gasteiger partial charge in [-0.3, -0.25) is 19.2 Å². The monoisotopic (exact) mass is 684 g/mol. The molecule has 0 N–H and O–H groups in total. The van der Waals surface area contributed by atoms with Crippen molar-refractivity contribution in [3.8, 4) is 11.5 Å². The van der Waals surface area contributed by atoms with E-state index < -0.39 is 22.8 Å². The number of hydrogen-bond donors (Lipinski definition) is 0. The van der Waals surface area contributed by atoms with E-state index in [0.717, 1.165) is 32.7 Å². The molecule has 0 saturated heterocycles. The van der Waals surface area contributed by atoms with Gasteiger partial charge in [0.1, 0.15) is 11.5 Å². The predicted molar refractivity (Wildman–Crippen MR) is 185 cm³/mol. The largest absolute Gasteiger partial charge is 0.426 e. The van der Waals surface area contributed by atoms with Crippen molar-refractivity contribution in [3.05, 3.63) is 71.8 Å². The molecule has 0 unspecified atom stereocenters. The zero-order valence-electron chi connectivity index (χ0n) is 26.7. The summed E-state index contributed by atoms with van der Waals surface area (Å²) in [5.41, 5.74) is 2.07. The van der Waals surface area contributed by atoms with E-state index in [1.54, 1.807) is 12.1 Å². The molecule has 2 aliphatic heterocycles. The fourth-order valence-corrected chi connectivity index (χ4v) is 9.61. The zero-order valence-corrected chi connectivity index (χ0v) is 28.2. The lowest BCUT2D eigenvalue weighted by molar-refractivity contribution is -0.144. The van der Waals surface area contributed by atoms with Crippen LogP contribution in [0.3, 0.4) is 0 Å². The van der Waals surface area contributed by atoms with Gasteiger partial charge in [0, 0.05) is 73.4 Å². The molecular weight excluding hydrogens is 651 g/mol. The second-order valence-electron chi connectivity index (χ2n) is 13.8. The number of hydrogen-bond acceptors (Lipinski definition) is 6. The standard InChI is InChI=1S/C38H34Cl2N2O6/c1-21(43)47-31-13-29-33(27-9-5-3-7-25(27)31)23(15-39)17-41(29)35(45)37-11-12-38(19-37,20-37)36(46)42-18-24(16-40)34-28-10-6-4-8-26(28)32(14-30(34)42)48-22(2)44/h3-10,13-14,23-24H,11-12,15-20H2,1-2H3/t23-,24-,37?,38?/m1/s1. The molecule has 0 radical (unpaired) electrons. The predicted octanol–water partition coefficient (Wildman–Crippen LogP) is 7.44. The average molecular weight is 686 g/mol. The molecule has 5 aliphatic rings. The van der Waals surface area contributed by atoms with Crippen LogP contribution in [0.15, 0.2) is 60.7 Å². The van der Waals surface area contributed by atoms with Gasteiger partial charge in [-0.05, 0) is 47.6 Å². The number of carbonyl (C=O) groups excluding carboxylic acids is 4. The van der Waals surface area contributed by atoms with Gasteiger partial charge in [0.05, 0.1) is 22.2 Å². The van der Waals surface area contributed by atoms with Crippen molar-refractivity contribution in [2.75, 3.05) is 34.6 Å². The van der Waals surface area contributed by atoms with E-state index in [4.69, 9.17) is 32.7 Å². The SMILES string of the molecule is CC(=O)Oc1cc2c(c3ccccc13)[C@H](CCl)CN2C(=O)C12CCC(C(=O)N3C[C@@H](CCl)c4c3cc(OC(C)=O)c3ccccc43)(C1)C2. The summed E-state index contributed by atoms with van der Waals surface area (Å²) in [4.78, 5) is 56.8. The molecule has 2 bridgehead atoms. The zero-order chi connectivity index (χ0) is 33.5. The number of ether oxygens (including phenoxy) is 2. The number of fused-ring (bicyclic) bond motifs is 7. The Labute approximate surface area is 287 Å². The minimum Gasteiger partial charge on any atom is -0.426 e. The number of carbonyl (C=O) groups is 4. The maximum Gasteiger partial charge on any atom is 0.308 e. The number of halogens is 2. The molecule has 9 rings (SSSR count). The minimum atomic E-state index is -0.665. The normalized spacial score (nSPS) is 25.2. The molecule has 48 heavy (non-hydrogen) atoms. The van der Waals surface area contributed by atoms with E-state index in [2.05, 4.69) is 0 Å². The third kappa shape index (κ3) is 4.48. The van der Waals surface area contributed by atoms with Crippen LogP contribution in [0.1, 0.15) is 62.5 Å². The van der Waals surface area contributed by atoms with Crippen molar-refractivity contribution in [2.24, 2.45) is 10.8 Å². The Bertz CT molecular complexity index is 1930. The summed E-state index contributed by atoms with van der Waals surface area (Å²) >= 11 is 13.0. The smallest absolute Gasteiger partial charge is 0.308 e. The van der Waals surface area contributed by atoms with E-state index in [9.17, 15) is 19.2 Å².